The van der Waals surface area contributed by atoms with Crippen LogP contribution in [0.4, 0.5) is 0 Å². The minimum absolute atomic E-state index is 0.0912. The summed E-state index contributed by atoms with van der Waals surface area (Å²) in [5.41, 5.74) is 6.15. The fourth-order valence-electron chi connectivity index (χ4n) is 2.23. The fourth-order valence-corrected chi connectivity index (χ4v) is 2.64. The van der Waals surface area contributed by atoms with Gasteiger partial charge in [-0.2, -0.15) is 0 Å². The number of primary amides is 1. The van der Waals surface area contributed by atoms with Gasteiger partial charge < -0.3 is 15.8 Å². The molecule has 3 N–H and O–H groups in total. The molecule has 0 saturated carbocycles. The highest BCUT2D eigenvalue weighted by Crippen LogP contribution is 2.23. The van der Waals surface area contributed by atoms with Crippen LogP contribution in [0, 0.1) is 0 Å². The number of nitrogens with one attached hydrogen (secondary N) is 1. The molecular formula is C17H27BrN2O2. The normalized spacial score (nSPS) is 10.6. The third kappa shape index (κ3) is 8.39. The van der Waals surface area contributed by atoms with Crippen molar-refractivity contribution in [3.63, 3.8) is 0 Å². The minimum Gasteiger partial charge on any atom is -0.483 e. The van der Waals surface area contributed by atoms with Crippen molar-refractivity contribution < 1.29 is 9.53 Å². The number of carbonyl (C=O) groups is 1. The second-order valence-corrected chi connectivity index (χ2v) is 6.37. The Kier molecular flexibility index (Phi) is 9.91. The number of carbonyl (C=O) groups excluding carboxylic acids is 1. The molecule has 1 rings (SSSR count). The Morgan fingerprint density at radius 3 is 2.68 bits per heavy atom. The van der Waals surface area contributed by atoms with Crippen molar-refractivity contribution in [1.82, 2.24) is 5.32 Å². The summed E-state index contributed by atoms with van der Waals surface area (Å²) in [6, 6.07) is 5.76. The molecular weight excluding hydrogens is 344 g/mol. The molecule has 0 aromatic heterocycles. The molecule has 0 aliphatic heterocycles. The Labute approximate surface area is 141 Å². The Morgan fingerprint density at radius 2 is 1.95 bits per heavy atom. The summed E-state index contributed by atoms with van der Waals surface area (Å²) in [5.74, 6) is 0.242. The molecule has 0 bridgehead atoms. The maximum Gasteiger partial charge on any atom is 0.255 e. The molecule has 0 atom stereocenters. The molecule has 0 aliphatic rings. The van der Waals surface area contributed by atoms with E-state index in [2.05, 4.69) is 28.2 Å². The molecule has 1 amide bonds. The first-order valence-corrected chi connectivity index (χ1v) is 8.83. The lowest BCUT2D eigenvalue weighted by Gasteiger charge is -2.12. The number of hydrogen-bond donors (Lipinski definition) is 2. The van der Waals surface area contributed by atoms with Gasteiger partial charge >= 0.3 is 0 Å². The maximum atomic E-state index is 10.8. The Balaban J connectivity index is 2.31. The highest BCUT2D eigenvalue weighted by atomic mass is 79.9. The minimum atomic E-state index is -0.464. The molecule has 1 aromatic rings. The third-order valence-corrected chi connectivity index (χ3v) is 3.91. The standard InChI is InChI=1S/C17H27BrN2O2/c1-2-3-4-5-6-7-10-20-12-14-11-15(18)8-9-16(14)22-13-17(19)21/h8-9,11,20H,2-7,10,12-13H2,1H3,(H2,19,21). The van der Waals surface area contributed by atoms with Crippen molar-refractivity contribution in [2.24, 2.45) is 5.73 Å². The average Bonchev–Trinajstić information content (AvgIpc) is 2.49. The monoisotopic (exact) mass is 370 g/mol. The van der Waals surface area contributed by atoms with Crippen LogP contribution in [0.3, 0.4) is 0 Å². The van der Waals surface area contributed by atoms with E-state index < -0.39 is 5.91 Å². The van der Waals surface area contributed by atoms with E-state index in [4.69, 9.17) is 10.5 Å². The van der Waals surface area contributed by atoms with Crippen molar-refractivity contribution in [3.8, 4) is 5.75 Å². The van der Waals surface area contributed by atoms with E-state index in [1.165, 1.54) is 38.5 Å². The van der Waals surface area contributed by atoms with E-state index in [1.807, 2.05) is 18.2 Å². The van der Waals surface area contributed by atoms with E-state index in [9.17, 15) is 4.79 Å². The molecule has 0 aliphatic carbocycles. The smallest absolute Gasteiger partial charge is 0.255 e. The summed E-state index contributed by atoms with van der Waals surface area (Å²) in [4.78, 5) is 10.8. The van der Waals surface area contributed by atoms with Gasteiger partial charge in [-0.25, -0.2) is 0 Å². The second kappa shape index (κ2) is 11.5. The predicted molar refractivity (Wildman–Crippen MR) is 93.9 cm³/mol. The third-order valence-electron chi connectivity index (χ3n) is 3.42. The number of unbranched alkanes of at least 4 members (excludes halogenated alkanes) is 5. The van der Waals surface area contributed by atoms with Gasteiger partial charge in [-0.05, 0) is 31.2 Å². The number of hydrogen-bond acceptors (Lipinski definition) is 3. The molecule has 4 nitrogen and oxygen atoms in total. The van der Waals surface area contributed by atoms with Gasteiger partial charge in [0.1, 0.15) is 5.75 Å². The summed E-state index contributed by atoms with van der Waals surface area (Å²) >= 11 is 3.46. The van der Waals surface area contributed by atoms with Crippen LogP contribution in [0.15, 0.2) is 22.7 Å². The van der Waals surface area contributed by atoms with E-state index in [0.717, 1.165) is 23.1 Å². The van der Waals surface area contributed by atoms with Crippen molar-refractivity contribution in [1.29, 1.82) is 0 Å². The first-order valence-electron chi connectivity index (χ1n) is 8.03. The molecule has 0 radical (unpaired) electrons. The summed E-state index contributed by atoms with van der Waals surface area (Å²) in [6.45, 7) is 3.86. The van der Waals surface area contributed by atoms with Crippen molar-refractivity contribution in [2.45, 2.75) is 52.0 Å². The lowest BCUT2D eigenvalue weighted by Crippen LogP contribution is -2.21. The zero-order chi connectivity index (χ0) is 16.2. The van der Waals surface area contributed by atoms with Crippen LogP contribution >= 0.6 is 15.9 Å². The molecule has 0 unspecified atom stereocenters. The fraction of sp³-hybridized carbons (Fsp3) is 0.588. The number of benzene rings is 1. The van der Waals surface area contributed by atoms with Gasteiger partial charge in [0.15, 0.2) is 6.61 Å². The van der Waals surface area contributed by atoms with Crippen molar-refractivity contribution in [3.05, 3.63) is 28.2 Å². The molecule has 5 heteroatoms. The topological polar surface area (TPSA) is 64.3 Å². The molecule has 0 fully saturated rings. The van der Waals surface area contributed by atoms with Gasteiger partial charge in [0, 0.05) is 16.6 Å². The number of halogens is 1. The average molecular weight is 371 g/mol. The van der Waals surface area contributed by atoms with Crippen molar-refractivity contribution >= 4 is 21.8 Å². The number of amides is 1. The van der Waals surface area contributed by atoms with E-state index >= 15 is 0 Å². The first-order chi connectivity index (χ1) is 10.6. The largest absolute Gasteiger partial charge is 0.483 e. The van der Waals surface area contributed by atoms with E-state index in [-0.39, 0.29) is 6.61 Å². The lowest BCUT2D eigenvalue weighted by molar-refractivity contribution is -0.119. The molecule has 124 valence electrons. The van der Waals surface area contributed by atoms with Crippen LogP contribution in [-0.2, 0) is 11.3 Å². The van der Waals surface area contributed by atoms with Crippen LogP contribution < -0.4 is 15.8 Å². The number of nitrogens with two attached hydrogens (primary N) is 1. The molecule has 0 saturated heterocycles. The summed E-state index contributed by atoms with van der Waals surface area (Å²) in [7, 11) is 0. The SMILES string of the molecule is CCCCCCCCNCc1cc(Br)ccc1OCC(N)=O. The summed E-state index contributed by atoms with van der Waals surface area (Å²) < 4.78 is 6.44. The zero-order valence-corrected chi connectivity index (χ0v) is 15.0. The summed E-state index contributed by atoms with van der Waals surface area (Å²) in [5, 5.41) is 3.43. The molecule has 0 spiro atoms. The number of rotatable bonds is 12. The Bertz CT molecular complexity index is 452. The highest BCUT2D eigenvalue weighted by molar-refractivity contribution is 9.10. The van der Waals surface area contributed by atoms with Gasteiger partial charge in [0.05, 0.1) is 0 Å². The Hall–Kier alpha value is -1.07. The second-order valence-electron chi connectivity index (χ2n) is 5.45. The summed E-state index contributed by atoms with van der Waals surface area (Å²) in [6.07, 6.45) is 7.75. The van der Waals surface area contributed by atoms with Crippen LogP contribution in [0.2, 0.25) is 0 Å². The highest BCUT2D eigenvalue weighted by Gasteiger charge is 2.06. The maximum absolute atomic E-state index is 10.8. The molecule has 1 aromatic carbocycles. The van der Waals surface area contributed by atoms with Crippen LogP contribution in [-0.4, -0.2) is 19.1 Å². The van der Waals surface area contributed by atoms with Gasteiger partial charge in [0.25, 0.3) is 5.91 Å². The Morgan fingerprint density at radius 1 is 1.23 bits per heavy atom. The van der Waals surface area contributed by atoms with E-state index in [1.54, 1.807) is 0 Å². The zero-order valence-electron chi connectivity index (χ0n) is 13.4. The van der Waals surface area contributed by atoms with Crippen molar-refractivity contribution in [2.75, 3.05) is 13.2 Å². The van der Waals surface area contributed by atoms with E-state index in [0.29, 0.717) is 5.75 Å². The lowest BCUT2D eigenvalue weighted by atomic mass is 10.1. The quantitative estimate of drug-likeness (QED) is 0.550. The number of ether oxygens (including phenoxy) is 1. The van der Waals surface area contributed by atoms with Gasteiger partial charge in [-0.15, -0.1) is 0 Å². The van der Waals surface area contributed by atoms with Gasteiger partial charge in [-0.3, -0.25) is 4.79 Å². The first kappa shape index (κ1) is 19.0. The predicted octanol–water partition coefficient (Wildman–Crippen LogP) is 3.76. The van der Waals surface area contributed by atoms with Gasteiger partial charge in [-0.1, -0.05) is 55.0 Å². The molecule has 0 heterocycles. The van der Waals surface area contributed by atoms with Crippen LogP contribution in [0.25, 0.3) is 0 Å². The molecule has 22 heavy (non-hydrogen) atoms. The van der Waals surface area contributed by atoms with Gasteiger partial charge in [0.2, 0.25) is 0 Å². The van der Waals surface area contributed by atoms with Crippen LogP contribution in [0.5, 0.6) is 5.75 Å². The van der Waals surface area contributed by atoms with Crippen LogP contribution in [0.1, 0.15) is 51.0 Å².